The molecule has 1 aliphatic rings. The van der Waals surface area contributed by atoms with Crippen LogP contribution in [0.3, 0.4) is 0 Å². The van der Waals surface area contributed by atoms with Crippen molar-refractivity contribution >= 4 is 22.0 Å². The zero-order valence-electron chi connectivity index (χ0n) is 19.5. The number of benzene rings is 2. The van der Waals surface area contributed by atoms with Gasteiger partial charge in [0.05, 0.1) is 13.2 Å². The summed E-state index contributed by atoms with van der Waals surface area (Å²) < 4.78 is 34.6. The molecule has 2 aromatic carbocycles. The third-order valence-corrected chi connectivity index (χ3v) is 7.89. The molecule has 7 nitrogen and oxygen atoms in total. The third-order valence-electron chi connectivity index (χ3n) is 5.87. The SMILES string of the molecule is C/C=C/c1ccc2c(c1)O[C@@H](CN(C)C(=O)c1ccccc1)[C@H](C)CN([C@H](C)CO)S2(=O)=O. The number of likely N-dealkylation sites (N-methyl/N-ethyl adjacent to an activating group) is 1. The predicted molar refractivity (Wildman–Crippen MR) is 129 cm³/mol. The lowest BCUT2D eigenvalue weighted by atomic mass is 10.0. The summed E-state index contributed by atoms with van der Waals surface area (Å²) in [6, 6.07) is 13.4. The van der Waals surface area contributed by atoms with Crippen molar-refractivity contribution in [2.75, 3.05) is 26.7 Å². The van der Waals surface area contributed by atoms with E-state index >= 15 is 0 Å². The molecule has 8 heteroatoms. The molecule has 1 heterocycles. The summed E-state index contributed by atoms with van der Waals surface area (Å²) in [6.45, 7) is 5.62. The molecule has 0 bridgehead atoms. The van der Waals surface area contributed by atoms with Crippen molar-refractivity contribution in [2.45, 2.75) is 37.8 Å². The lowest BCUT2D eigenvalue weighted by Crippen LogP contribution is -2.50. The van der Waals surface area contributed by atoms with Gasteiger partial charge in [-0.3, -0.25) is 4.79 Å². The van der Waals surface area contributed by atoms with Gasteiger partial charge in [0.1, 0.15) is 16.7 Å². The van der Waals surface area contributed by atoms with Gasteiger partial charge in [-0.05, 0) is 43.7 Å². The number of sulfonamides is 1. The largest absolute Gasteiger partial charge is 0.487 e. The van der Waals surface area contributed by atoms with E-state index in [9.17, 15) is 18.3 Å². The maximum absolute atomic E-state index is 13.5. The first-order valence-electron chi connectivity index (χ1n) is 11.1. The topological polar surface area (TPSA) is 87.2 Å². The minimum atomic E-state index is -3.89. The highest BCUT2D eigenvalue weighted by atomic mass is 32.2. The highest BCUT2D eigenvalue weighted by molar-refractivity contribution is 7.89. The Morgan fingerprint density at radius 2 is 1.97 bits per heavy atom. The van der Waals surface area contributed by atoms with Gasteiger partial charge in [0, 0.05) is 31.1 Å². The molecule has 0 unspecified atom stereocenters. The van der Waals surface area contributed by atoms with Crippen molar-refractivity contribution in [2.24, 2.45) is 5.92 Å². The second kappa shape index (κ2) is 10.5. The summed E-state index contributed by atoms with van der Waals surface area (Å²) >= 11 is 0. The van der Waals surface area contributed by atoms with Crippen LogP contribution in [-0.2, 0) is 10.0 Å². The van der Waals surface area contributed by atoms with E-state index < -0.39 is 22.2 Å². The smallest absolute Gasteiger partial charge is 0.253 e. The molecule has 178 valence electrons. The van der Waals surface area contributed by atoms with Crippen LogP contribution in [0.15, 0.2) is 59.5 Å². The number of fused-ring (bicyclic) bond motifs is 1. The van der Waals surface area contributed by atoms with Crippen LogP contribution in [-0.4, -0.2) is 67.5 Å². The number of hydrogen-bond acceptors (Lipinski definition) is 5. The van der Waals surface area contributed by atoms with Crippen LogP contribution in [0.25, 0.3) is 6.08 Å². The normalized spacial score (nSPS) is 21.5. The summed E-state index contributed by atoms with van der Waals surface area (Å²) in [6.07, 6.45) is 3.28. The van der Waals surface area contributed by atoms with Crippen molar-refractivity contribution < 1.29 is 23.1 Å². The van der Waals surface area contributed by atoms with Gasteiger partial charge in [-0.25, -0.2) is 8.42 Å². The van der Waals surface area contributed by atoms with Gasteiger partial charge in [-0.15, -0.1) is 0 Å². The van der Waals surface area contributed by atoms with Crippen molar-refractivity contribution in [3.8, 4) is 5.75 Å². The van der Waals surface area contributed by atoms with E-state index in [1.165, 1.54) is 4.31 Å². The average Bonchev–Trinajstić information content (AvgIpc) is 2.81. The molecule has 0 saturated carbocycles. The quantitative estimate of drug-likeness (QED) is 0.697. The van der Waals surface area contributed by atoms with Gasteiger partial charge in [0.15, 0.2) is 0 Å². The molecule has 0 radical (unpaired) electrons. The average molecular weight is 473 g/mol. The lowest BCUT2D eigenvalue weighted by Gasteiger charge is -2.37. The van der Waals surface area contributed by atoms with Gasteiger partial charge in [0.2, 0.25) is 10.0 Å². The lowest BCUT2D eigenvalue weighted by molar-refractivity contribution is 0.0563. The van der Waals surface area contributed by atoms with E-state index in [1.54, 1.807) is 49.2 Å². The molecule has 33 heavy (non-hydrogen) atoms. The minimum Gasteiger partial charge on any atom is -0.487 e. The number of aliphatic hydroxyl groups is 1. The highest BCUT2D eigenvalue weighted by Crippen LogP contribution is 2.34. The van der Waals surface area contributed by atoms with Gasteiger partial charge in [0.25, 0.3) is 5.91 Å². The van der Waals surface area contributed by atoms with E-state index in [4.69, 9.17) is 4.74 Å². The first-order valence-corrected chi connectivity index (χ1v) is 12.5. The second-order valence-corrected chi connectivity index (χ2v) is 10.4. The standard InChI is InChI=1S/C25H32N2O5S/c1-5-9-20-12-13-24-22(14-20)32-23(16-26(4)25(29)21-10-7-6-8-11-21)18(2)15-27(19(3)17-28)33(24,30)31/h5-14,18-19,23,28H,15-17H2,1-4H3/b9-5+/t18-,19-,23+/m1/s1. The fourth-order valence-corrected chi connectivity index (χ4v) is 5.74. The van der Waals surface area contributed by atoms with E-state index in [0.717, 1.165) is 5.56 Å². The Morgan fingerprint density at radius 1 is 1.27 bits per heavy atom. The van der Waals surface area contributed by atoms with Crippen molar-refractivity contribution in [3.63, 3.8) is 0 Å². The zero-order chi connectivity index (χ0) is 24.2. The van der Waals surface area contributed by atoms with Gasteiger partial charge < -0.3 is 14.7 Å². The fraction of sp³-hybridized carbons (Fsp3) is 0.400. The predicted octanol–water partition coefficient (Wildman–Crippen LogP) is 3.26. The number of amides is 1. The summed E-state index contributed by atoms with van der Waals surface area (Å²) in [5, 5.41) is 9.74. The number of allylic oxidation sites excluding steroid dienone is 1. The molecular weight excluding hydrogens is 440 g/mol. The summed E-state index contributed by atoms with van der Waals surface area (Å²) in [5.41, 5.74) is 1.39. The third kappa shape index (κ3) is 5.46. The van der Waals surface area contributed by atoms with Gasteiger partial charge >= 0.3 is 0 Å². The van der Waals surface area contributed by atoms with Crippen LogP contribution < -0.4 is 4.74 Å². The van der Waals surface area contributed by atoms with E-state index in [-0.39, 0.29) is 42.2 Å². The Morgan fingerprint density at radius 3 is 2.61 bits per heavy atom. The van der Waals surface area contributed by atoms with Crippen LogP contribution in [0, 0.1) is 5.92 Å². The molecule has 0 fully saturated rings. The fourth-order valence-electron chi connectivity index (χ4n) is 3.91. The Balaban J connectivity index is 2.01. The number of ether oxygens (including phenoxy) is 1. The van der Waals surface area contributed by atoms with E-state index in [0.29, 0.717) is 5.56 Å². The van der Waals surface area contributed by atoms with E-state index in [1.807, 2.05) is 44.2 Å². The molecule has 0 spiro atoms. The molecule has 0 aromatic heterocycles. The first kappa shape index (κ1) is 25.0. The minimum absolute atomic E-state index is 0.0602. The number of rotatable bonds is 6. The van der Waals surface area contributed by atoms with Crippen molar-refractivity contribution in [1.82, 2.24) is 9.21 Å². The highest BCUT2D eigenvalue weighted by Gasteiger charge is 2.38. The molecule has 0 saturated heterocycles. The number of carbonyl (C=O) groups is 1. The molecule has 1 N–H and O–H groups in total. The van der Waals surface area contributed by atoms with Crippen molar-refractivity contribution in [3.05, 3.63) is 65.7 Å². The van der Waals surface area contributed by atoms with Crippen LogP contribution in [0.1, 0.15) is 36.7 Å². The molecular formula is C25H32N2O5S. The Bertz CT molecular complexity index is 1100. The van der Waals surface area contributed by atoms with Crippen LogP contribution in [0.2, 0.25) is 0 Å². The van der Waals surface area contributed by atoms with Gasteiger partial charge in [-0.2, -0.15) is 4.31 Å². The number of nitrogens with zero attached hydrogens (tertiary/aromatic N) is 2. The molecule has 3 atom stereocenters. The zero-order valence-corrected chi connectivity index (χ0v) is 20.3. The maximum Gasteiger partial charge on any atom is 0.253 e. The van der Waals surface area contributed by atoms with Gasteiger partial charge in [-0.1, -0.05) is 43.3 Å². The number of carbonyl (C=O) groups excluding carboxylic acids is 1. The van der Waals surface area contributed by atoms with Crippen LogP contribution in [0.4, 0.5) is 0 Å². The monoisotopic (exact) mass is 472 g/mol. The Kier molecular flexibility index (Phi) is 7.94. The Labute approximate surface area is 196 Å². The second-order valence-electron chi connectivity index (χ2n) is 8.50. The maximum atomic E-state index is 13.5. The Hall–Kier alpha value is -2.68. The summed E-state index contributed by atoms with van der Waals surface area (Å²) in [5.74, 6) is -0.124. The van der Waals surface area contributed by atoms with Crippen LogP contribution in [0.5, 0.6) is 5.75 Å². The van der Waals surface area contributed by atoms with Crippen LogP contribution >= 0.6 is 0 Å². The number of hydrogen-bond donors (Lipinski definition) is 1. The van der Waals surface area contributed by atoms with Crippen molar-refractivity contribution in [1.29, 1.82) is 0 Å². The molecule has 1 aliphatic heterocycles. The molecule has 3 rings (SSSR count). The van der Waals surface area contributed by atoms with E-state index in [2.05, 4.69) is 0 Å². The molecule has 2 aromatic rings. The first-order chi connectivity index (χ1) is 15.7. The molecule has 0 aliphatic carbocycles. The molecule has 1 amide bonds. The summed E-state index contributed by atoms with van der Waals surface area (Å²) in [7, 11) is -2.17. The number of aliphatic hydroxyl groups excluding tert-OH is 1. The summed E-state index contributed by atoms with van der Waals surface area (Å²) in [4.78, 5) is 14.6.